The Bertz CT molecular complexity index is 679. The predicted molar refractivity (Wildman–Crippen MR) is 77.1 cm³/mol. The number of thioether (sulfide) groups is 1. The van der Waals surface area contributed by atoms with E-state index in [0.717, 1.165) is 4.96 Å². The van der Waals surface area contributed by atoms with Crippen molar-refractivity contribution in [1.82, 2.24) is 14.3 Å². The number of fused-ring (bicyclic) bond motifs is 1. The molecule has 1 saturated heterocycles. The van der Waals surface area contributed by atoms with Crippen LogP contribution < -0.4 is 0 Å². The van der Waals surface area contributed by atoms with E-state index in [2.05, 4.69) is 4.98 Å². The number of aryl methyl sites for hydroxylation is 1. The van der Waals surface area contributed by atoms with Crippen LogP contribution in [0.5, 0.6) is 0 Å². The fourth-order valence-corrected chi connectivity index (χ4v) is 4.16. The van der Waals surface area contributed by atoms with Crippen molar-refractivity contribution < 1.29 is 14.3 Å². The predicted octanol–water partition coefficient (Wildman–Crippen LogP) is 1.39. The summed E-state index contributed by atoms with van der Waals surface area (Å²) in [5.41, 5.74) is 1.21. The molecule has 20 heavy (non-hydrogen) atoms. The van der Waals surface area contributed by atoms with Crippen LogP contribution in [0.25, 0.3) is 4.96 Å². The summed E-state index contributed by atoms with van der Waals surface area (Å²) in [6.45, 7) is 1.81. The van der Waals surface area contributed by atoms with E-state index in [4.69, 9.17) is 4.74 Å². The standard InChI is InChI=1S/C12H13N3O3S2/c1-7-9(14-3-4-20-12(14)13-7)10(16)15-6-19-5-8(15)11(17)18-2/h3-4,8H,5-6H2,1-2H3. The van der Waals surface area contributed by atoms with Crippen LogP contribution in [0.15, 0.2) is 11.6 Å². The number of hydrogen-bond acceptors (Lipinski definition) is 6. The minimum atomic E-state index is -0.513. The number of hydrogen-bond donors (Lipinski definition) is 0. The van der Waals surface area contributed by atoms with E-state index in [9.17, 15) is 9.59 Å². The molecule has 106 valence electrons. The molecule has 0 aromatic carbocycles. The Morgan fingerprint density at radius 1 is 1.50 bits per heavy atom. The molecule has 1 aliphatic rings. The van der Waals surface area contributed by atoms with E-state index in [0.29, 0.717) is 23.0 Å². The molecule has 0 bridgehead atoms. The maximum Gasteiger partial charge on any atom is 0.329 e. The molecule has 3 heterocycles. The van der Waals surface area contributed by atoms with Crippen LogP contribution in [0.1, 0.15) is 16.2 Å². The van der Waals surface area contributed by atoms with E-state index in [1.807, 2.05) is 18.5 Å². The lowest BCUT2D eigenvalue weighted by Gasteiger charge is -2.21. The summed E-state index contributed by atoms with van der Waals surface area (Å²) >= 11 is 3.03. The molecule has 6 nitrogen and oxygen atoms in total. The Kier molecular flexibility index (Phi) is 3.43. The van der Waals surface area contributed by atoms with Gasteiger partial charge in [-0.25, -0.2) is 9.78 Å². The zero-order valence-electron chi connectivity index (χ0n) is 11.0. The number of thiazole rings is 1. The van der Waals surface area contributed by atoms with Crippen LogP contribution in [-0.4, -0.2) is 50.9 Å². The van der Waals surface area contributed by atoms with Crippen LogP contribution in [0.2, 0.25) is 0 Å². The third kappa shape index (κ3) is 1.99. The van der Waals surface area contributed by atoms with Gasteiger partial charge < -0.3 is 9.64 Å². The fraction of sp³-hybridized carbons (Fsp3) is 0.417. The number of nitrogens with zero attached hydrogens (tertiary/aromatic N) is 3. The highest BCUT2D eigenvalue weighted by Gasteiger charge is 2.37. The Hall–Kier alpha value is -1.54. The lowest BCUT2D eigenvalue weighted by molar-refractivity contribution is -0.144. The smallest absolute Gasteiger partial charge is 0.329 e. The molecule has 2 aromatic heterocycles. The minimum absolute atomic E-state index is 0.172. The van der Waals surface area contributed by atoms with Crippen molar-refractivity contribution in [2.75, 3.05) is 18.7 Å². The number of imidazole rings is 1. The molecule has 0 saturated carbocycles. The van der Waals surface area contributed by atoms with E-state index in [1.54, 1.807) is 21.1 Å². The van der Waals surface area contributed by atoms with Gasteiger partial charge in [0.05, 0.1) is 18.7 Å². The largest absolute Gasteiger partial charge is 0.467 e. The van der Waals surface area contributed by atoms with Crippen molar-refractivity contribution in [3.05, 3.63) is 23.0 Å². The first-order valence-electron chi connectivity index (χ1n) is 6.02. The van der Waals surface area contributed by atoms with Crippen molar-refractivity contribution in [3.63, 3.8) is 0 Å². The first-order chi connectivity index (χ1) is 9.63. The Morgan fingerprint density at radius 3 is 3.05 bits per heavy atom. The molecule has 3 rings (SSSR count). The quantitative estimate of drug-likeness (QED) is 0.784. The van der Waals surface area contributed by atoms with Crippen molar-refractivity contribution in [2.45, 2.75) is 13.0 Å². The molecule has 1 unspecified atom stereocenters. The Balaban J connectivity index is 1.97. The van der Waals surface area contributed by atoms with Gasteiger partial charge in [-0.15, -0.1) is 23.1 Å². The van der Waals surface area contributed by atoms with Gasteiger partial charge in [0, 0.05) is 17.3 Å². The molecule has 0 spiro atoms. The zero-order valence-corrected chi connectivity index (χ0v) is 12.7. The van der Waals surface area contributed by atoms with Gasteiger partial charge in [0.25, 0.3) is 5.91 Å². The monoisotopic (exact) mass is 311 g/mol. The topological polar surface area (TPSA) is 63.9 Å². The van der Waals surface area contributed by atoms with E-state index in [1.165, 1.54) is 18.4 Å². The van der Waals surface area contributed by atoms with Gasteiger partial charge in [-0.05, 0) is 6.92 Å². The maximum absolute atomic E-state index is 12.7. The molecule has 0 aliphatic carbocycles. The Morgan fingerprint density at radius 2 is 2.30 bits per heavy atom. The molecule has 0 radical (unpaired) electrons. The molecule has 1 atom stereocenters. The SMILES string of the molecule is COC(=O)C1CSCN1C(=O)c1c(C)nc2sccn12. The number of carbonyl (C=O) groups is 2. The number of aromatic nitrogens is 2. The van der Waals surface area contributed by atoms with Gasteiger partial charge >= 0.3 is 5.97 Å². The lowest BCUT2D eigenvalue weighted by atomic mass is 10.2. The summed E-state index contributed by atoms with van der Waals surface area (Å²) in [6, 6.07) is -0.513. The van der Waals surface area contributed by atoms with Gasteiger partial charge in [-0.3, -0.25) is 9.20 Å². The second kappa shape index (κ2) is 5.10. The summed E-state index contributed by atoms with van der Waals surface area (Å²) in [6.07, 6.45) is 1.82. The molecule has 1 fully saturated rings. The van der Waals surface area contributed by atoms with E-state index in [-0.39, 0.29) is 11.9 Å². The third-order valence-corrected chi connectivity index (χ3v) is 5.02. The molecule has 1 aliphatic heterocycles. The average molecular weight is 311 g/mol. The van der Waals surface area contributed by atoms with Crippen molar-refractivity contribution in [3.8, 4) is 0 Å². The normalized spacial score (nSPS) is 18.7. The highest BCUT2D eigenvalue weighted by molar-refractivity contribution is 7.99. The number of methoxy groups -OCH3 is 1. The van der Waals surface area contributed by atoms with Crippen molar-refractivity contribution in [1.29, 1.82) is 0 Å². The second-order valence-electron chi connectivity index (χ2n) is 4.42. The summed E-state index contributed by atoms with van der Waals surface area (Å²) in [4.78, 5) is 31.2. The number of carbonyl (C=O) groups excluding carboxylic acids is 2. The molecule has 1 amide bonds. The minimum Gasteiger partial charge on any atom is -0.467 e. The van der Waals surface area contributed by atoms with Gasteiger partial charge in [0.15, 0.2) is 4.96 Å². The average Bonchev–Trinajstić information content (AvgIpc) is 3.11. The molecular weight excluding hydrogens is 298 g/mol. The molecule has 8 heteroatoms. The van der Waals surface area contributed by atoms with Crippen LogP contribution in [0, 0.1) is 6.92 Å². The van der Waals surface area contributed by atoms with Crippen LogP contribution in [0.4, 0.5) is 0 Å². The number of rotatable bonds is 2. The van der Waals surface area contributed by atoms with Gasteiger partial charge in [-0.1, -0.05) is 0 Å². The van der Waals surface area contributed by atoms with Gasteiger partial charge in [-0.2, -0.15) is 0 Å². The highest BCUT2D eigenvalue weighted by atomic mass is 32.2. The highest BCUT2D eigenvalue weighted by Crippen LogP contribution is 2.26. The number of esters is 1. The lowest BCUT2D eigenvalue weighted by Crippen LogP contribution is -2.43. The maximum atomic E-state index is 12.7. The van der Waals surface area contributed by atoms with E-state index < -0.39 is 6.04 Å². The molecule has 2 aromatic rings. The van der Waals surface area contributed by atoms with Crippen molar-refractivity contribution >= 4 is 39.9 Å². The number of amides is 1. The Labute approximate surface area is 123 Å². The summed E-state index contributed by atoms with van der Waals surface area (Å²) < 4.78 is 6.55. The summed E-state index contributed by atoms with van der Waals surface area (Å²) in [5.74, 6) is 0.527. The van der Waals surface area contributed by atoms with Crippen LogP contribution >= 0.6 is 23.1 Å². The number of ether oxygens (including phenoxy) is 1. The zero-order chi connectivity index (χ0) is 14.3. The first-order valence-corrected chi connectivity index (χ1v) is 8.05. The van der Waals surface area contributed by atoms with Crippen LogP contribution in [-0.2, 0) is 9.53 Å². The van der Waals surface area contributed by atoms with Crippen LogP contribution in [0.3, 0.4) is 0 Å². The first kappa shape index (κ1) is 13.4. The van der Waals surface area contributed by atoms with E-state index >= 15 is 0 Å². The third-order valence-electron chi connectivity index (χ3n) is 3.26. The van der Waals surface area contributed by atoms with Gasteiger partial charge in [0.2, 0.25) is 0 Å². The second-order valence-corrected chi connectivity index (χ2v) is 6.29. The van der Waals surface area contributed by atoms with Crippen molar-refractivity contribution in [2.24, 2.45) is 0 Å². The summed E-state index contributed by atoms with van der Waals surface area (Å²) in [5, 5.41) is 1.88. The van der Waals surface area contributed by atoms with Gasteiger partial charge in [0.1, 0.15) is 11.7 Å². The fourth-order valence-electron chi connectivity index (χ4n) is 2.26. The summed E-state index contributed by atoms with van der Waals surface area (Å²) in [7, 11) is 1.34. The molecular formula is C12H13N3O3S2. The molecule has 0 N–H and O–H groups in total.